The van der Waals surface area contributed by atoms with Crippen LogP contribution >= 0.6 is 0 Å². The second-order valence-corrected chi connectivity index (χ2v) is 2.98. The first-order valence-electron chi connectivity index (χ1n) is 4.09. The van der Waals surface area contributed by atoms with Crippen LogP contribution in [0.4, 0.5) is 0 Å². The van der Waals surface area contributed by atoms with Gasteiger partial charge in [-0.2, -0.15) is 0 Å². The maximum absolute atomic E-state index is 5.58. The number of aromatic amines is 1. The van der Waals surface area contributed by atoms with Crippen LogP contribution in [0.25, 0.3) is 10.9 Å². The van der Waals surface area contributed by atoms with Crippen LogP contribution in [0, 0.1) is 6.92 Å². The second kappa shape index (κ2) is 2.64. The van der Waals surface area contributed by atoms with Crippen molar-refractivity contribution >= 4 is 10.9 Å². The number of nitrogens with two attached hydrogens (primary N) is 1. The van der Waals surface area contributed by atoms with Gasteiger partial charge in [-0.25, -0.2) is 0 Å². The molecule has 3 N–H and O–H groups in total. The highest BCUT2D eigenvalue weighted by Crippen LogP contribution is 2.20. The van der Waals surface area contributed by atoms with Gasteiger partial charge in [0.15, 0.2) is 0 Å². The first-order valence-corrected chi connectivity index (χ1v) is 4.09. The molecule has 1 aromatic carbocycles. The number of rotatable bonds is 1. The van der Waals surface area contributed by atoms with E-state index in [0.717, 1.165) is 5.69 Å². The van der Waals surface area contributed by atoms with Gasteiger partial charge in [0.1, 0.15) is 0 Å². The number of fused-ring (bicyclic) bond motifs is 1. The Morgan fingerprint density at radius 1 is 1.33 bits per heavy atom. The minimum Gasteiger partial charge on any atom is -0.357 e. The van der Waals surface area contributed by atoms with E-state index in [0.29, 0.717) is 6.54 Å². The molecule has 0 atom stereocenters. The highest BCUT2D eigenvalue weighted by atomic mass is 14.8. The summed E-state index contributed by atoms with van der Waals surface area (Å²) in [6, 6.07) is 8.25. The van der Waals surface area contributed by atoms with Crippen molar-refractivity contribution in [3.05, 3.63) is 35.5 Å². The van der Waals surface area contributed by atoms with E-state index < -0.39 is 0 Å². The Kier molecular flexibility index (Phi) is 1.62. The summed E-state index contributed by atoms with van der Waals surface area (Å²) in [6.45, 7) is 2.68. The third kappa shape index (κ3) is 0.924. The highest BCUT2D eigenvalue weighted by molar-refractivity contribution is 5.84. The van der Waals surface area contributed by atoms with Crippen molar-refractivity contribution in [2.75, 3.05) is 0 Å². The topological polar surface area (TPSA) is 41.8 Å². The zero-order valence-electron chi connectivity index (χ0n) is 7.09. The van der Waals surface area contributed by atoms with Crippen LogP contribution in [0.5, 0.6) is 0 Å². The molecule has 0 aliphatic carbocycles. The van der Waals surface area contributed by atoms with Crippen LogP contribution in [-0.4, -0.2) is 4.98 Å². The summed E-state index contributed by atoms with van der Waals surface area (Å²) in [5.74, 6) is 0. The molecule has 1 aromatic heterocycles. The van der Waals surface area contributed by atoms with Gasteiger partial charge in [-0.15, -0.1) is 0 Å². The zero-order valence-corrected chi connectivity index (χ0v) is 7.09. The molecule has 0 amide bonds. The van der Waals surface area contributed by atoms with Gasteiger partial charge in [-0.05, 0) is 18.6 Å². The van der Waals surface area contributed by atoms with E-state index in [1.807, 2.05) is 12.1 Å². The number of benzene rings is 1. The third-order valence-electron chi connectivity index (χ3n) is 2.27. The molecule has 2 nitrogen and oxygen atoms in total. The highest BCUT2D eigenvalue weighted by Gasteiger charge is 2.03. The molecule has 0 spiro atoms. The summed E-state index contributed by atoms with van der Waals surface area (Å²) in [7, 11) is 0. The molecule has 0 bridgehead atoms. The molecule has 1 heterocycles. The van der Waals surface area contributed by atoms with Crippen LogP contribution in [0.15, 0.2) is 24.3 Å². The second-order valence-electron chi connectivity index (χ2n) is 2.98. The molecule has 2 aromatic rings. The van der Waals surface area contributed by atoms with E-state index >= 15 is 0 Å². The van der Waals surface area contributed by atoms with Crippen molar-refractivity contribution in [3.63, 3.8) is 0 Å². The average Bonchev–Trinajstić information content (AvgIpc) is 2.44. The molecule has 0 radical (unpaired) electrons. The SMILES string of the molecule is Cc1c(CN)[nH]c2ccccc12. The van der Waals surface area contributed by atoms with Gasteiger partial charge in [-0.3, -0.25) is 0 Å². The standard InChI is InChI=1S/C10H12N2/c1-7-8-4-2-3-5-9(8)12-10(7)6-11/h2-5,12H,6,11H2,1H3. The van der Waals surface area contributed by atoms with Crippen LogP contribution in [0.2, 0.25) is 0 Å². The molecule has 0 aliphatic heterocycles. The van der Waals surface area contributed by atoms with Crippen molar-refractivity contribution < 1.29 is 0 Å². The smallest absolute Gasteiger partial charge is 0.0459 e. The Balaban J connectivity index is 2.78. The van der Waals surface area contributed by atoms with Crippen molar-refractivity contribution in [2.45, 2.75) is 13.5 Å². The molecule has 2 rings (SSSR count). The Labute approximate surface area is 71.4 Å². The monoisotopic (exact) mass is 160 g/mol. The van der Waals surface area contributed by atoms with Gasteiger partial charge >= 0.3 is 0 Å². The molecule has 0 aliphatic rings. The van der Waals surface area contributed by atoms with Crippen LogP contribution in [-0.2, 0) is 6.54 Å². The van der Waals surface area contributed by atoms with Gasteiger partial charge in [0.25, 0.3) is 0 Å². The molecule has 0 saturated carbocycles. The van der Waals surface area contributed by atoms with Crippen molar-refractivity contribution in [1.82, 2.24) is 4.98 Å². The molecular weight excluding hydrogens is 148 g/mol. The van der Waals surface area contributed by atoms with Gasteiger partial charge in [0.05, 0.1) is 0 Å². The number of aromatic nitrogens is 1. The Morgan fingerprint density at radius 2 is 2.08 bits per heavy atom. The van der Waals surface area contributed by atoms with E-state index in [4.69, 9.17) is 5.73 Å². The van der Waals surface area contributed by atoms with Gasteiger partial charge < -0.3 is 10.7 Å². The van der Waals surface area contributed by atoms with E-state index in [1.165, 1.54) is 16.5 Å². The summed E-state index contributed by atoms with van der Waals surface area (Å²) in [5, 5.41) is 1.28. The van der Waals surface area contributed by atoms with E-state index in [1.54, 1.807) is 0 Å². The number of hydrogen-bond acceptors (Lipinski definition) is 1. The fourth-order valence-corrected chi connectivity index (χ4v) is 1.54. The summed E-state index contributed by atoms with van der Waals surface area (Å²) < 4.78 is 0. The largest absolute Gasteiger partial charge is 0.357 e. The van der Waals surface area contributed by atoms with Gasteiger partial charge in [0.2, 0.25) is 0 Å². The summed E-state index contributed by atoms with van der Waals surface area (Å²) in [6.07, 6.45) is 0. The predicted molar refractivity (Wildman–Crippen MR) is 50.9 cm³/mol. The number of H-pyrrole nitrogens is 1. The van der Waals surface area contributed by atoms with Crippen LogP contribution in [0.1, 0.15) is 11.3 Å². The Hall–Kier alpha value is -1.28. The van der Waals surface area contributed by atoms with Crippen molar-refractivity contribution in [3.8, 4) is 0 Å². The van der Waals surface area contributed by atoms with Crippen LogP contribution in [0.3, 0.4) is 0 Å². The van der Waals surface area contributed by atoms with Crippen molar-refractivity contribution in [2.24, 2.45) is 5.73 Å². The maximum atomic E-state index is 5.58. The average molecular weight is 160 g/mol. The Bertz CT molecular complexity index is 401. The fourth-order valence-electron chi connectivity index (χ4n) is 1.54. The minimum absolute atomic E-state index is 0.584. The third-order valence-corrected chi connectivity index (χ3v) is 2.27. The van der Waals surface area contributed by atoms with Crippen molar-refractivity contribution in [1.29, 1.82) is 0 Å². The van der Waals surface area contributed by atoms with E-state index in [2.05, 4.69) is 24.0 Å². The first kappa shape index (κ1) is 7.37. The lowest BCUT2D eigenvalue weighted by atomic mass is 10.1. The first-order chi connectivity index (χ1) is 5.83. The molecule has 62 valence electrons. The predicted octanol–water partition coefficient (Wildman–Crippen LogP) is 1.94. The van der Waals surface area contributed by atoms with Gasteiger partial charge in [-0.1, -0.05) is 18.2 Å². The lowest BCUT2D eigenvalue weighted by Crippen LogP contribution is -1.97. The quantitative estimate of drug-likeness (QED) is 0.657. The summed E-state index contributed by atoms with van der Waals surface area (Å²) in [4.78, 5) is 3.29. The Morgan fingerprint density at radius 3 is 2.75 bits per heavy atom. The molecule has 2 heteroatoms. The minimum atomic E-state index is 0.584. The number of para-hydroxylation sites is 1. The molecular formula is C10H12N2. The van der Waals surface area contributed by atoms with Gasteiger partial charge in [0, 0.05) is 23.1 Å². The lowest BCUT2D eigenvalue weighted by Gasteiger charge is -1.91. The number of aryl methyl sites for hydroxylation is 1. The summed E-state index contributed by atoms with van der Waals surface area (Å²) >= 11 is 0. The maximum Gasteiger partial charge on any atom is 0.0459 e. The van der Waals surface area contributed by atoms with E-state index in [9.17, 15) is 0 Å². The fraction of sp³-hybridized carbons (Fsp3) is 0.200. The molecule has 12 heavy (non-hydrogen) atoms. The molecule has 0 unspecified atom stereocenters. The van der Waals surface area contributed by atoms with E-state index in [-0.39, 0.29) is 0 Å². The number of nitrogens with one attached hydrogen (secondary N) is 1. The lowest BCUT2D eigenvalue weighted by molar-refractivity contribution is 1.00. The molecule has 0 saturated heterocycles. The summed E-state index contributed by atoms with van der Waals surface area (Å²) in [5.41, 5.74) is 9.17. The normalized spacial score (nSPS) is 10.8. The molecule has 0 fully saturated rings. The van der Waals surface area contributed by atoms with Crippen LogP contribution < -0.4 is 5.73 Å². The zero-order chi connectivity index (χ0) is 8.55. The number of hydrogen-bond donors (Lipinski definition) is 2.